The Morgan fingerprint density at radius 3 is 2.35 bits per heavy atom. The predicted molar refractivity (Wildman–Crippen MR) is 105 cm³/mol. The number of amides is 1. The van der Waals surface area contributed by atoms with Crippen LogP contribution in [0.15, 0.2) is 42.5 Å². The Labute approximate surface area is 154 Å². The standard InChI is InChI=1S/C20H24N2O3S/c1-13(2)26(24,25)21-12-14(3)15-4-6-16(7-5-15)17-8-9-18-11-20(23)22-19(18)10-17/h4-10,13-14,21H,11-12H2,1-3H3,(H,22,23). The molecule has 0 saturated heterocycles. The minimum Gasteiger partial charge on any atom is -0.326 e. The minimum absolute atomic E-state index is 0.0326. The van der Waals surface area contributed by atoms with E-state index in [9.17, 15) is 13.2 Å². The second-order valence-electron chi connectivity index (χ2n) is 7.06. The van der Waals surface area contributed by atoms with Crippen molar-refractivity contribution in [1.29, 1.82) is 0 Å². The zero-order chi connectivity index (χ0) is 18.9. The van der Waals surface area contributed by atoms with Gasteiger partial charge in [0, 0.05) is 12.2 Å². The second-order valence-corrected chi connectivity index (χ2v) is 9.38. The van der Waals surface area contributed by atoms with E-state index in [1.54, 1.807) is 13.8 Å². The third kappa shape index (κ3) is 3.97. The topological polar surface area (TPSA) is 75.3 Å². The van der Waals surface area contributed by atoms with Crippen LogP contribution in [0.3, 0.4) is 0 Å². The fourth-order valence-electron chi connectivity index (χ4n) is 2.92. The highest BCUT2D eigenvalue weighted by atomic mass is 32.2. The van der Waals surface area contributed by atoms with Crippen molar-refractivity contribution >= 4 is 21.6 Å². The molecule has 1 aliphatic heterocycles. The summed E-state index contributed by atoms with van der Waals surface area (Å²) in [6.07, 6.45) is 0.443. The molecule has 0 aliphatic carbocycles. The molecule has 138 valence electrons. The van der Waals surface area contributed by atoms with Gasteiger partial charge in [0.05, 0.1) is 11.7 Å². The van der Waals surface area contributed by atoms with Crippen LogP contribution < -0.4 is 10.0 Å². The zero-order valence-electron chi connectivity index (χ0n) is 15.2. The summed E-state index contributed by atoms with van der Waals surface area (Å²) in [6.45, 7) is 5.72. The van der Waals surface area contributed by atoms with Gasteiger partial charge in [-0.2, -0.15) is 0 Å². The third-order valence-electron chi connectivity index (χ3n) is 4.76. The molecule has 0 saturated carbocycles. The van der Waals surface area contributed by atoms with Crippen LogP contribution in [-0.2, 0) is 21.2 Å². The third-order valence-corrected chi connectivity index (χ3v) is 6.57. The number of sulfonamides is 1. The Kier molecular flexibility index (Phi) is 5.16. The number of anilines is 1. The quantitative estimate of drug-likeness (QED) is 0.817. The van der Waals surface area contributed by atoms with E-state index in [0.717, 1.165) is 27.9 Å². The lowest BCUT2D eigenvalue weighted by Crippen LogP contribution is -2.33. The zero-order valence-corrected chi connectivity index (χ0v) is 16.1. The minimum atomic E-state index is -3.25. The van der Waals surface area contributed by atoms with Gasteiger partial charge in [0.2, 0.25) is 15.9 Å². The van der Waals surface area contributed by atoms with E-state index in [1.807, 2.05) is 49.4 Å². The van der Waals surface area contributed by atoms with Gasteiger partial charge in [0.25, 0.3) is 0 Å². The summed E-state index contributed by atoms with van der Waals surface area (Å²) < 4.78 is 26.4. The van der Waals surface area contributed by atoms with Crippen LogP contribution >= 0.6 is 0 Å². The number of benzene rings is 2. The Morgan fingerprint density at radius 1 is 1.04 bits per heavy atom. The van der Waals surface area contributed by atoms with E-state index in [2.05, 4.69) is 10.0 Å². The molecule has 1 atom stereocenters. The lowest BCUT2D eigenvalue weighted by molar-refractivity contribution is -0.115. The van der Waals surface area contributed by atoms with Gasteiger partial charge in [-0.25, -0.2) is 13.1 Å². The van der Waals surface area contributed by atoms with Crippen molar-refractivity contribution < 1.29 is 13.2 Å². The lowest BCUT2D eigenvalue weighted by atomic mass is 9.97. The molecule has 6 heteroatoms. The van der Waals surface area contributed by atoms with Gasteiger partial charge in [-0.15, -0.1) is 0 Å². The Hall–Kier alpha value is -2.18. The molecule has 1 amide bonds. The smallest absolute Gasteiger partial charge is 0.228 e. The molecule has 1 unspecified atom stereocenters. The van der Waals surface area contributed by atoms with Crippen LogP contribution in [0.5, 0.6) is 0 Å². The monoisotopic (exact) mass is 372 g/mol. The van der Waals surface area contributed by atoms with Crippen LogP contribution in [0.25, 0.3) is 11.1 Å². The van der Waals surface area contributed by atoms with E-state index < -0.39 is 15.3 Å². The highest BCUT2D eigenvalue weighted by Gasteiger charge is 2.18. The maximum Gasteiger partial charge on any atom is 0.228 e. The Bertz CT molecular complexity index is 919. The van der Waals surface area contributed by atoms with Gasteiger partial charge in [-0.05, 0) is 48.1 Å². The highest BCUT2D eigenvalue weighted by molar-refractivity contribution is 7.90. The summed E-state index contributed by atoms with van der Waals surface area (Å²) in [5, 5.41) is 2.44. The maximum atomic E-state index is 11.9. The summed E-state index contributed by atoms with van der Waals surface area (Å²) in [4.78, 5) is 11.5. The van der Waals surface area contributed by atoms with Gasteiger partial charge in [0.1, 0.15) is 0 Å². The van der Waals surface area contributed by atoms with Crippen molar-refractivity contribution in [3.05, 3.63) is 53.6 Å². The fraction of sp³-hybridized carbons (Fsp3) is 0.350. The molecule has 26 heavy (non-hydrogen) atoms. The number of carbonyl (C=O) groups excluding carboxylic acids is 1. The molecular formula is C20H24N2O3S. The average molecular weight is 372 g/mol. The molecular weight excluding hydrogens is 348 g/mol. The van der Waals surface area contributed by atoms with Crippen molar-refractivity contribution in [1.82, 2.24) is 4.72 Å². The van der Waals surface area contributed by atoms with Crippen LogP contribution in [0.1, 0.15) is 37.8 Å². The van der Waals surface area contributed by atoms with E-state index in [-0.39, 0.29) is 11.8 Å². The molecule has 5 nitrogen and oxygen atoms in total. The molecule has 0 bridgehead atoms. The Balaban J connectivity index is 1.71. The maximum absolute atomic E-state index is 11.9. The van der Waals surface area contributed by atoms with Crippen molar-refractivity contribution in [3.63, 3.8) is 0 Å². The van der Waals surface area contributed by atoms with Gasteiger partial charge < -0.3 is 5.32 Å². The molecule has 0 radical (unpaired) electrons. The lowest BCUT2D eigenvalue weighted by Gasteiger charge is -2.15. The van der Waals surface area contributed by atoms with Crippen molar-refractivity contribution in [2.24, 2.45) is 0 Å². The number of hydrogen-bond acceptors (Lipinski definition) is 3. The number of hydrogen-bond donors (Lipinski definition) is 2. The largest absolute Gasteiger partial charge is 0.326 e. The van der Waals surface area contributed by atoms with Gasteiger partial charge in [0.15, 0.2) is 0 Å². The summed E-state index contributed by atoms with van der Waals surface area (Å²) in [6, 6.07) is 14.1. The molecule has 0 aromatic heterocycles. The van der Waals surface area contributed by atoms with Gasteiger partial charge in [-0.1, -0.05) is 43.3 Å². The van der Waals surface area contributed by atoms with Crippen LogP contribution in [0.4, 0.5) is 5.69 Å². The second kappa shape index (κ2) is 7.21. The molecule has 3 rings (SSSR count). The molecule has 2 aromatic carbocycles. The molecule has 1 heterocycles. The first-order chi connectivity index (χ1) is 12.3. The fourth-order valence-corrected chi connectivity index (χ4v) is 3.74. The van der Waals surface area contributed by atoms with Gasteiger partial charge in [-0.3, -0.25) is 4.79 Å². The van der Waals surface area contributed by atoms with Crippen LogP contribution in [0.2, 0.25) is 0 Å². The summed E-state index contributed by atoms with van der Waals surface area (Å²) >= 11 is 0. The average Bonchev–Trinajstić information content (AvgIpc) is 2.99. The number of nitrogens with one attached hydrogen (secondary N) is 2. The molecule has 2 N–H and O–H groups in total. The summed E-state index contributed by atoms with van der Waals surface area (Å²) in [7, 11) is -3.25. The van der Waals surface area contributed by atoms with Crippen LogP contribution in [0, 0.1) is 0 Å². The molecule has 1 aliphatic rings. The number of fused-ring (bicyclic) bond motifs is 1. The molecule has 0 fully saturated rings. The van der Waals surface area contributed by atoms with E-state index in [1.165, 1.54) is 0 Å². The first-order valence-electron chi connectivity index (χ1n) is 8.78. The van der Waals surface area contributed by atoms with Crippen molar-refractivity contribution in [2.45, 2.75) is 38.4 Å². The van der Waals surface area contributed by atoms with Gasteiger partial charge >= 0.3 is 0 Å². The number of rotatable bonds is 6. The number of carbonyl (C=O) groups is 1. The Morgan fingerprint density at radius 2 is 1.69 bits per heavy atom. The highest BCUT2D eigenvalue weighted by Crippen LogP contribution is 2.30. The summed E-state index contributed by atoms with van der Waals surface area (Å²) in [5.41, 5.74) is 5.10. The predicted octanol–water partition coefficient (Wildman–Crippen LogP) is 3.28. The first kappa shape index (κ1) is 18.6. The van der Waals surface area contributed by atoms with Crippen molar-refractivity contribution in [3.8, 4) is 11.1 Å². The van der Waals surface area contributed by atoms with Crippen LogP contribution in [-0.4, -0.2) is 26.1 Å². The first-order valence-corrected chi connectivity index (χ1v) is 10.3. The van der Waals surface area contributed by atoms with E-state index in [0.29, 0.717) is 13.0 Å². The van der Waals surface area contributed by atoms with Crippen molar-refractivity contribution in [2.75, 3.05) is 11.9 Å². The normalized spacial score (nSPS) is 15.0. The van der Waals surface area contributed by atoms with E-state index >= 15 is 0 Å². The van der Waals surface area contributed by atoms with E-state index in [4.69, 9.17) is 0 Å². The molecule has 0 spiro atoms. The molecule has 2 aromatic rings. The summed E-state index contributed by atoms with van der Waals surface area (Å²) in [5.74, 6) is 0.113. The SMILES string of the molecule is CC(CNS(=O)(=O)C(C)C)c1ccc(-c2ccc3c(c2)NC(=O)C3)cc1.